The standard InChI is InChI=1S/C15H17FN4.HI/c1-18-15(20-13-4-2-3-5-13)19-10-12-8-11(9-17)6-7-14(12)16;/h2-3,6-8,13H,4-5,10H2,1H3,(H2,18,19,20);1H. The Hall–Kier alpha value is -1.62. The van der Waals surface area contributed by atoms with Gasteiger partial charge in [-0.05, 0) is 31.0 Å². The molecule has 2 rings (SSSR count). The highest BCUT2D eigenvalue weighted by atomic mass is 127. The van der Waals surface area contributed by atoms with Crippen LogP contribution in [0.2, 0.25) is 0 Å². The molecule has 0 spiro atoms. The second-order valence-electron chi connectivity index (χ2n) is 4.63. The van der Waals surface area contributed by atoms with Crippen molar-refractivity contribution < 1.29 is 4.39 Å². The van der Waals surface area contributed by atoms with Crippen LogP contribution in [0.4, 0.5) is 4.39 Å². The summed E-state index contributed by atoms with van der Waals surface area (Å²) < 4.78 is 13.6. The van der Waals surface area contributed by atoms with Gasteiger partial charge in [-0.15, -0.1) is 24.0 Å². The molecule has 0 aliphatic heterocycles. The predicted octanol–water partition coefficient (Wildman–Crippen LogP) is 2.70. The van der Waals surface area contributed by atoms with Crippen LogP contribution in [0.15, 0.2) is 35.3 Å². The van der Waals surface area contributed by atoms with Crippen molar-refractivity contribution in [3.05, 3.63) is 47.3 Å². The number of benzene rings is 1. The van der Waals surface area contributed by atoms with Crippen LogP contribution in [0.1, 0.15) is 24.0 Å². The molecule has 1 aromatic rings. The normalized spacial score (nSPS) is 14.4. The van der Waals surface area contributed by atoms with E-state index in [1.807, 2.05) is 6.07 Å². The van der Waals surface area contributed by atoms with Crippen LogP contribution in [-0.4, -0.2) is 19.0 Å². The summed E-state index contributed by atoms with van der Waals surface area (Å²) in [5.41, 5.74) is 0.905. The van der Waals surface area contributed by atoms with Crippen molar-refractivity contribution in [2.24, 2.45) is 4.99 Å². The number of aliphatic imine (C=N–C) groups is 1. The second-order valence-corrected chi connectivity index (χ2v) is 4.63. The molecular formula is C15H18FIN4. The van der Waals surface area contributed by atoms with Crippen molar-refractivity contribution >= 4 is 29.9 Å². The maximum absolute atomic E-state index is 13.6. The van der Waals surface area contributed by atoms with Gasteiger partial charge < -0.3 is 10.6 Å². The molecule has 1 aliphatic carbocycles. The minimum atomic E-state index is -0.325. The van der Waals surface area contributed by atoms with E-state index in [1.54, 1.807) is 13.1 Å². The third kappa shape index (κ3) is 5.01. The fourth-order valence-corrected chi connectivity index (χ4v) is 2.08. The molecule has 6 heteroatoms. The van der Waals surface area contributed by atoms with Crippen LogP contribution in [0.25, 0.3) is 0 Å². The van der Waals surface area contributed by atoms with Crippen LogP contribution in [0.3, 0.4) is 0 Å². The Morgan fingerprint density at radius 3 is 2.76 bits per heavy atom. The molecule has 0 fully saturated rings. The predicted molar refractivity (Wildman–Crippen MR) is 92.0 cm³/mol. The molecule has 21 heavy (non-hydrogen) atoms. The Balaban J connectivity index is 0.00000220. The second kappa shape index (κ2) is 8.62. The summed E-state index contributed by atoms with van der Waals surface area (Å²) in [6.45, 7) is 0.293. The molecule has 0 saturated carbocycles. The monoisotopic (exact) mass is 400 g/mol. The van der Waals surface area contributed by atoms with Crippen LogP contribution in [0, 0.1) is 17.1 Å². The van der Waals surface area contributed by atoms with Crippen molar-refractivity contribution in [3.63, 3.8) is 0 Å². The summed E-state index contributed by atoms with van der Waals surface area (Å²) in [5.74, 6) is 0.315. The van der Waals surface area contributed by atoms with Gasteiger partial charge in [0.1, 0.15) is 5.82 Å². The molecule has 0 unspecified atom stereocenters. The highest BCUT2D eigenvalue weighted by molar-refractivity contribution is 14.0. The molecule has 0 saturated heterocycles. The van der Waals surface area contributed by atoms with Crippen LogP contribution in [-0.2, 0) is 6.54 Å². The molecule has 112 valence electrons. The van der Waals surface area contributed by atoms with Gasteiger partial charge in [-0.2, -0.15) is 5.26 Å². The minimum absolute atomic E-state index is 0. The van der Waals surface area contributed by atoms with Crippen LogP contribution < -0.4 is 10.6 Å². The molecule has 0 radical (unpaired) electrons. The largest absolute Gasteiger partial charge is 0.353 e. The topological polar surface area (TPSA) is 60.2 Å². The number of rotatable bonds is 3. The number of guanidine groups is 1. The molecule has 1 aliphatic rings. The molecule has 1 aromatic carbocycles. The molecule has 0 bridgehead atoms. The van der Waals surface area contributed by atoms with E-state index in [4.69, 9.17) is 5.26 Å². The summed E-state index contributed by atoms with van der Waals surface area (Å²) in [7, 11) is 1.68. The van der Waals surface area contributed by atoms with Crippen molar-refractivity contribution in [2.45, 2.75) is 25.4 Å². The van der Waals surface area contributed by atoms with Gasteiger partial charge in [-0.3, -0.25) is 4.99 Å². The Morgan fingerprint density at radius 2 is 2.14 bits per heavy atom. The first kappa shape index (κ1) is 17.4. The van der Waals surface area contributed by atoms with E-state index >= 15 is 0 Å². The maximum Gasteiger partial charge on any atom is 0.191 e. The lowest BCUT2D eigenvalue weighted by atomic mass is 10.1. The average Bonchev–Trinajstić information content (AvgIpc) is 2.97. The Bertz CT molecular complexity index is 570. The highest BCUT2D eigenvalue weighted by Gasteiger charge is 2.12. The number of hydrogen-bond acceptors (Lipinski definition) is 2. The van der Waals surface area contributed by atoms with Gasteiger partial charge in [-0.25, -0.2) is 4.39 Å². The highest BCUT2D eigenvalue weighted by Crippen LogP contribution is 2.11. The SMILES string of the molecule is CN=C(NCc1cc(C#N)ccc1F)NC1CC=CC1.I. The first-order valence-electron chi connectivity index (χ1n) is 6.53. The molecule has 2 N–H and O–H groups in total. The summed E-state index contributed by atoms with van der Waals surface area (Å²) in [5, 5.41) is 15.2. The van der Waals surface area contributed by atoms with Gasteiger partial charge in [0.15, 0.2) is 5.96 Å². The maximum atomic E-state index is 13.6. The summed E-state index contributed by atoms with van der Waals surface area (Å²) in [6.07, 6.45) is 6.19. The zero-order chi connectivity index (χ0) is 14.4. The van der Waals surface area contributed by atoms with Crippen molar-refractivity contribution in [1.82, 2.24) is 10.6 Å². The summed E-state index contributed by atoms with van der Waals surface area (Å²) in [6, 6.07) is 6.68. The molecule has 0 heterocycles. The summed E-state index contributed by atoms with van der Waals surface area (Å²) >= 11 is 0. The van der Waals surface area contributed by atoms with Gasteiger partial charge in [-0.1, -0.05) is 12.2 Å². The first-order valence-corrected chi connectivity index (χ1v) is 6.53. The van der Waals surface area contributed by atoms with E-state index in [1.165, 1.54) is 12.1 Å². The molecule has 0 aromatic heterocycles. The van der Waals surface area contributed by atoms with Gasteiger partial charge in [0.2, 0.25) is 0 Å². The number of halogens is 2. The zero-order valence-corrected chi connectivity index (χ0v) is 14.1. The van der Waals surface area contributed by atoms with E-state index in [0.717, 1.165) is 12.8 Å². The Kier molecular flexibility index (Phi) is 7.15. The Morgan fingerprint density at radius 1 is 1.43 bits per heavy atom. The Labute approximate surface area is 141 Å². The van der Waals surface area contributed by atoms with E-state index in [2.05, 4.69) is 27.8 Å². The number of hydrogen-bond donors (Lipinski definition) is 2. The molecule has 4 nitrogen and oxygen atoms in total. The van der Waals surface area contributed by atoms with Crippen LogP contribution >= 0.6 is 24.0 Å². The first-order chi connectivity index (χ1) is 9.72. The quantitative estimate of drug-likeness (QED) is 0.355. The number of nitrogens with zero attached hydrogens (tertiary/aromatic N) is 2. The zero-order valence-electron chi connectivity index (χ0n) is 11.8. The minimum Gasteiger partial charge on any atom is -0.353 e. The molecule has 0 atom stereocenters. The van der Waals surface area contributed by atoms with Crippen molar-refractivity contribution in [2.75, 3.05) is 7.05 Å². The lowest BCUT2D eigenvalue weighted by Gasteiger charge is -2.17. The fourth-order valence-electron chi connectivity index (χ4n) is 2.08. The average molecular weight is 400 g/mol. The third-order valence-corrected chi connectivity index (χ3v) is 3.19. The fraction of sp³-hybridized carbons (Fsp3) is 0.333. The molecule has 0 amide bonds. The van der Waals surface area contributed by atoms with E-state index in [0.29, 0.717) is 29.7 Å². The van der Waals surface area contributed by atoms with E-state index < -0.39 is 0 Å². The van der Waals surface area contributed by atoms with Crippen molar-refractivity contribution in [3.8, 4) is 6.07 Å². The van der Waals surface area contributed by atoms with Crippen LogP contribution in [0.5, 0.6) is 0 Å². The van der Waals surface area contributed by atoms with Crippen molar-refractivity contribution in [1.29, 1.82) is 5.26 Å². The molecular weight excluding hydrogens is 382 g/mol. The lowest BCUT2D eigenvalue weighted by Crippen LogP contribution is -2.42. The van der Waals surface area contributed by atoms with E-state index in [-0.39, 0.29) is 29.8 Å². The van der Waals surface area contributed by atoms with Gasteiger partial charge in [0.05, 0.1) is 11.6 Å². The van der Waals surface area contributed by atoms with Gasteiger partial charge in [0, 0.05) is 25.2 Å². The number of nitriles is 1. The smallest absolute Gasteiger partial charge is 0.191 e. The van der Waals surface area contributed by atoms with E-state index in [9.17, 15) is 4.39 Å². The van der Waals surface area contributed by atoms with Gasteiger partial charge in [0.25, 0.3) is 0 Å². The van der Waals surface area contributed by atoms with Gasteiger partial charge >= 0.3 is 0 Å². The third-order valence-electron chi connectivity index (χ3n) is 3.19. The lowest BCUT2D eigenvalue weighted by molar-refractivity contribution is 0.598. The number of nitrogens with one attached hydrogen (secondary N) is 2. The summed E-state index contributed by atoms with van der Waals surface area (Å²) in [4.78, 5) is 4.12.